The molecule has 7 heteroatoms. The minimum atomic E-state index is -0.240. The molecule has 1 aromatic carbocycles. The van der Waals surface area contributed by atoms with Crippen molar-refractivity contribution in [3.8, 4) is 0 Å². The second-order valence-electron chi connectivity index (χ2n) is 4.71. The molecule has 0 fully saturated rings. The highest BCUT2D eigenvalue weighted by atomic mass is 79.9. The largest absolute Gasteiger partial charge is 0.356 e. The van der Waals surface area contributed by atoms with E-state index in [9.17, 15) is 4.39 Å². The molecule has 0 aliphatic carbocycles. The molecular weight excluding hydrogens is 349 g/mol. The number of benzene rings is 1. The lowest BCUT2D eigenvalue weighted by Crippen LogP contribution is -2.37. The maximum absolute atomic E-state index is 13.7. The van der Waals surface area contributed by atoms with Gasteiger partial charge in [0.25, 0.3) is 0 Å². The van der Waals surface area contributed by atoms with E-state index in [0.29, 0.717) is 18.1 Å². The molecule has 1 heterocycles. The van der Waals surface area contributed by atoms with Crippen LogP contribution < -0.4 is 10.6 Å². The van der Waals surface area contributed by atoms with E-state index in [1.54, 1.807) is 19.3 Å². The number of nitrogens with one attached hydrogen (secondary N) is 2. The van der Waals surface area contributed by atoms with Crippen molar-refractivity contribution in [2.24, 2.45) is 4.99 Å². The molecule has 0 bridgehead atoms. The van der Waals surface area contributed by atoms with E-state index in [1.807, 2.05) is 23.0 Å². The SMILES string of the molecule is CN=C(NCCCn1cccn1)NCc1ccc(Br)cc1F. The number of aromatic nitrogens is 2. The maximum Gasteiger partial charge on any atom is 0.191 e. The lowest BCUT2D eigenvalue weighted by atomic mass is 10.2. The third-order valence-electron chi connectivity index (χ3n) is 3.10. The Morgan fingerprint density at radius 2 is 2.27 bits per heavy atom. The van der Waals surface area contributed by atoms with Crippen molar-refractivity contribution in [2.45, 2.75) is 19.5 Å². The van der Waals surface area contributed by atoms with E-state index in [-0.39, 0.29) is 5.82 Å². The van der Waals surface area contributed by atoms with Crippen LogP contribution in [0.1, 0.15) is 12.0 Å². The minimum absolute atomic E-state index is 0.240. The molecule has 0 amide bonds. The molecule has 5 nitrogen and oxygen atoms in total. The number of hydrogen-bond donors (Lipinski definition) is 2. The van der Waals surface area contributed by atoms with Crippen LogP contribution in [0.4, 0.5) is 4.39 Å². The van der Waals surface area contributed by atoms with Crippen molar-refractivity contribution in [2.75, 3.05) is 13.6 Å². The molecule has 2 aromatic rings. The lowest BCUT2D eigenvalue weighted by molar-refractivity contribution is 0.569. The van der Waals surface area contributed by atoms with Crippen molar-refractivity contribution in [3.63, 3.8) is 0 Å². The van der Waals surface area contributed by atoms with Gasteiger partial charge in [0.1, 0.15) is 5.82 Å². The van der Waals surface area contributed by atoms with Gasteiger partial charge in [0.05, 0.1) is 0 Å². The third kappa shape index (κ3) is 5.14. The number of halogens is 2. The summed E-state index contributed by atoms with van der Waals surface area (Å²) in [6.45, 7) is 2.00. The fourth-order valence-corrected chi connectivity index (χ4v) is 2.28. The van der Waals surface area contributed by atoms with Gasteiger partial charge in [0.2, 0.25) is 0 Å². The van der Waals surface area contributed by atoms with Crippen LogP contribution in [0.5, 0.6) is 0 Å². The number of rotatable bonds is 6. The van der Waals surface area contributed by atoms with Crippen LogP contribution in [0.2, 0.25) is 0 Å². The Morgan fingerprint density at radius 3 is 2.95 bits per heavy atom. The van der Waals surface area contributed by atoms with E-state index in [2.05, 4.69) is 36.7 Å². The second-order valence-corrected chi connectivity index (χ2v) is 5.63. The molecule has 0 saturated heterocycles. The predicted octanol–water partition coefficient (Wildman–Crippen LogP) is 2.54. The Bertz CT molecular complexity index is 612. The highest BCUT2D eigenvalue weighted by Gasteiger charge is 2.04. The molecule has 22 heavy (non-hydrogen) atoms. The fourth-order valence-electron chi connectivity index (χ4n) is 1.95. The Hall–Kier alpha value is -1.89. The van der Waals surface area contributed by atoms with Crippen LogP contribution in [0.25, 0.3) is 0 Å². The zero-order valence-corrected chi connectivity index (χ0v) is 14.0. The molecule has 0 aliphatic heterocycles. The van der Waals surface area contributed by atoms with E-state index in [4.69, 9.17) is 0 Å². The highest BCUT2D eigenvalue weighted by molar-refractivity contribution is 9.10. The monoisotopic (exact) mass is 367 g/mol. The summed E-state index contributed by atoms with van der Waals surface area (Å²) in [6, 6.07) is 6.93. The average molecular weight is 368 g/mol. The Morgan fingerprint density at radius 1 is 1.41 bits per heavy atom. The number of nitrogens with zero attached hydrogens (tertiary/aromatic N) is 3. The fraction of sp³-hybridized carbons (Fsp3) is 0.333. The number of hydrogen-bond acceptors (Lipinski definition) is 2. The topological polar surface area (TPSA) is 54.2 Å². The number of aliphatic imine (C=N–C) groups is 1. The summed E-state index contributed by atoms with van der Waals surface area (Å²) in [5, 5.41) is 10.4. The van der Waals surface area contributed by atoms with E-state index >= 15 is 0 Å². The van der Waals surface area contributed by atoms with Crippen LogP contribution in [-0.4, -0.2) is 29.3 Å². The third-order valence-corrected chi connectivity index (χ3v) is 3.59. The standard InChI is InChI=1S/C15H19BrFN5/c1-18-15(19-6-2-8-22-9-3-7-21-22)20-11-12-4-5-13(16)10-14(12)17/h3-5,7,9-10H,2,6,8,11H2,1H3,(H2,18,19,20). The Balaban J connectivity index is 1.73. The molecule has 0 saturated carbocycles. The molecule has 118 valence electrons. The van der Waals surface area contributed by atoms with Crippen LogP contribution in [0.3, 0.4) is 0 Å². The lowest BCUT2D eigenvalue weighted by Gasteiger charge is -2.12. The van der Waals surface area contributed by atoms with Gasteiger partial charge in [-0.3, -0.25) is 9.67 Å². The molecular formula is C15H19BrFN5. The van der Waals surface area contributed by atoms with Gasteiger partial charge in [-0.15, -0.1) is 0 Å². The van der Waals surface area contributed by atoms with E-state index in [1.165, 1.54) is 6.07 Å². The van der Waals surface area contributed by atoms with Crippen molar-refractivity contribution >= 4 is 21.9 Å². The first-order valence-electron chi connectivity index (χ1n) is 7.05. The maximum atomic E-state index is 13.7. The Kier molecular flexibility index (Phi) is 6.39. The summed E-state index contributed by atoms with van der Waals surface area (Å²) in [5.41, 5.74) is 0.600. The average Bonchev–Trinajstić information content (AvgIpc) is 3.01. The summed E-state index contributed by atoms with van der Waals surface area (Å²) in [6.07, 6.45) is 4.62. The molecule has 0 unspecified atom stereocenters. The minimum Gasteiger partial charge on any atom is -0.356 e. The van der Waals surface area contributed by atoms with Gasteiger partial charge in [0, 0.05) is 49.1 Å². The summed E-state index contributed by atoms with van der Waals surface area (Å²) in [4.78, 5) is 4.13. The van der Waals surface area contributed by atoms with Crippen LogP contribution in [0.15, 0.2) is 46.1 Å². The quantitative estimate of drug-likeness (QED) is 0.468. The van der Waals surface area contributed by atoms with E-state index in [0.717, 1.165) is 24.0 Å². The molecule has 0 atom stereocenters. The van der Waals surface area contributed by atoms with Gasteiger partial charge in [0.15, 0.2) is 5.96 Å². The summed E-state index contributed by atoms with van der Waals surface area (Å²) in [7, 11) is 1.70. The van der Waals surface area contributed by atoms with Gasteiger partial charge < -0.3 is 10.6 Å². The predicted molar refractivity (Wildman–Crippen MR) is 89.1 cm³/mol. The molecule has 0 aliphatic rings. The summed E-state index contributed by atoms with van der Waals surface area (Å²) in [5.74, 6) is 0.416. The van der Waals surface area contributed by atoms with Crippen molar-refractivity contribution in [1.29, 1.82) is 0 Å². The molecule has 0 radical (unpaired) electrons. The van der Waals surface area contributed by atoms with Crippen LogP contribution in [-0.2, 0) is 13.1 Å². The number of guanidine groups is 1. The van der Waals surface area contributed by atoms with Crippen molar-refractivity contribution in [3.05, 3.63) is 52.5 Å². The summed E-state index contributed by atoms with van der Waals surface area (Å²) >= 11 is 3.24. The first-order chi connectivity index (χ1) is 10.7. The van der Waals surface area contributed by atoms with Crippen molar-refractivity contribution in [1.82, 2.24) is 20.4 Å². The zero-order chi connectivity index (χ0) is 15.8. The smallest absolute Gasteiger partial charge is 0.191 e. The molecule has 2 N–H and O–H groups in total. The van der Waals surface area contributed by atoms with Crippen LogP contribution in [0, 0.1) is 5.82 Å². The van der Waals surface area contributed by atoms with Gasteiger partial charge in [-0.05, 0) is 24.6 Å². The summed E-state index contributed by atoms with van der Waals surface area (Å²) < 4.78 is 16.3. The highest BCUT2D eigenvalue weighted by Crippen LogP contribution is 2.14. The van der Waals surface area contributed by atoms with E-state index < -0.39 is 0 Å². The molecule has 2 rings (SSSR count). The zero-order valence-electron chi connectivity index (χ0n) is 12.4. The Labute approximate surface area is 137 Å². The normalized spacial score (nSPS) is 11.5. The second kappa shape index (κ2) is 8.53. The van der Waals surface area contributed by atoms with Gasteiger partial charge in [-0.25, -0.2) is 4.39 Å². The number of aryl methyl sites for hydroxylation is 1. The van der Waals surface area contributed by atoms with Crippen molar-refractivity contribution < 1.29 is 4.39 Å². The molecule has 1 aromatic heterocycles. The van der Waals surface area contributed by atoms with Gasteiger partial charge >= 0.3 is 0 Å². The van der Waals surface area contributed by atoms with Gasteiger partial charge in [-0.1, -0.05) is 22.0 Å². The first kappa shape index (κ1) is 16.5. The van der Waals surface area contributed by atoms with Gasteiger partial charge in [-0.2, -0.15) is 5.10 Å². The molecule has 0 spiro atoms. The first-order valence-corrected chi connectivity index (χ1v) is 7.84. The van der Waals surface area contributed by atoms with Crippen LogP contribution >= 0.6 is 15.9 Å².